The summed E-state index contributed by atoms with van der Waals surface area (Å²) in [7, 11) is 0. The van der Waals surface area contributed by atoms with Gasteiger partial charge in [-0.15, -0.1) is 0 Å². The highest BCUT2D eigenvalue weighted by Gasteiger charge is 2.22. The quantitative estimate of drug-likeness (QED) is 0.863. The van der Waals surface area contributed by atoms with Crippen molar-refractivity contribution in [1.29, 1.82) is 0 Å². The number of halogens is 1. The summed E-state index contributed by atoms with van der Waals surface area (Å²) in [4.78, 5) is 11.6. The monoisotopic (exact) mass is 311 g/mol. The van der Waals surface area contributed by atoms with Crippen molar-refractivity contribution in [2.45, 2.75) is 25.6 Å². The Morgan fingerprint density at radius 2 is 2.06 bits per heavy atom. The van der Waals surface area contributed by atoms with E-state index in [0.29, 0.717) is 11.8 Å². The number of carbonyl (C=O) groups excluding carboxylic acids is 1. The zero-order valence-corrected chi connectivity index (χ0v) is 12.5. The maximum Gasteiger partial charge on any atom is 0.262 e. The van der Waals surface area contributed by atoms with E-state index in [1.165, 1.54) is 5.56 Å². The molecule has 2 unspecified atom stereocenters. The molecule has 3 nitrogen and oxygen atoms in total. The van der Waals surface area contributed by atoms with Gasteiger partial charge >= 0.3 is 0 Å². The van der Waals surface area contributed by atoms with Crippen LogP contribution in [0.5, 0.6) is 5.75 Å². The van der Waals surface area contributed by atoms with E-state index in [-0.39, 0.29) is 17.3 Å². The predicted molar refractivity (Wildman–Crippen MR) is 76.2 cm³/mol. The molecule has 1 aromatic carbocycles. The van der Waals surface area contributed by atoms with Crippen LogP contribution in [0.3, 0.4) is 0 Å². The van der Waals surface area contributed by atoms with Crippen LogP contribution in [0.4, 0.5) is 5.69 Å². The van der Waals surface area contributed by atoms with Gasteiger partial charge in [0.25, 0.3) is 5.91 Å². The maximum atomic E-state index is 11.3. The van der Waals surface area contributed by atoms with E-state index in [2.05, 4.69) is 48.1 Å². The number of benzene rings is 1. The van der Waals surface area contributed by atoms with Crippen LogP contribution < -0.4 is 10.1 Å². The van der Waals surface area contributed by atoms with Gasteiger partial charge in [-0.2, -0.15) is 0 Å². The average Bonchev–Trinajstić information content (AvgIpc) is 2.35. The first-order valence-corrected chi connectivity index (χ1v) is 7.11. The van der Waals surface area contributed by atoms with Gasteiger partial charge in [0.1, 0.15) is 5.75 Å². The molecule has 18 heavy (non-hydrogen) atoms. The molecule has 0 aliphatic carbocycles. The normalized spacial score (nSPS) is 17.7. The Hall–Kier alpha value is -1.03. The van der Waals surface area contributed by atoms with Crippen molar-refractivity contribution < 1.29 is 9.53 Å². The number of carbonyl (C=O) groups is 1. The van der Waals surface area contributed by atoms with Crippen molar-refractivity contribution in [3.8, 4) is 5.75 Å². The van der Waals surface area contributed by atoms with E-state index >= 15 is 0 Å². The summed E-state index contributed by atoms with van der Waals surface area (Å²) in [6.07, 6.45) is 0. The number of anilines is 1. The zero-order chi connectivity index (χ0) is 13.3. The second-order valence-electron chi connectivity index (χ2n) is 5.10. The van der Waals surface area contributed by atoms with Crippen molar-refractivity contribution in [3.05, 3.63) is 23.8 Å². The number of ether oxygens (including phenoxy) is 1. The molecule has 1 N–H and O–H groups in total. The number of rotatable bonds is 3. The van der Waals surface area contributed by atoms with Crippen LogP contribution in [0.25, 0.3) is 0 Å². The molecule has 0 fully saturated rings. The first-order chi connectivity index (χ1) is 8.49. The van der Waals surface area contributed by atoms with Gasteiger partial charge in [0.05, 0.1) is 5.69 Å². The average molecular weight is 312 g/mol. The molecule has 1 amide bonds. The van der Waals surface area contributed by atoms with E-state index < -0.39 is 0 Å². The third kappa shape index (κ3) is 2.69. The lowest BCUT2D eigenvalue weighted by molar-refractivity contribution is -0.118. The predicted octanol–water partition coefficient (Wildman–Crippen LogP) is 3.75. The molecule has 0 saturated carbocycles. The minimum absolute atomic E-state index is 0.0947. The number of nitrogens with one attached hydrogen (secondary N) is 1. The van der Waals surface area contributed by atoms with E-state index in [1.54, 1.807) is 0 Å². The van der Waals surface area contributed by atoms with Crippen LogP contribution in [0.15, 0.2) is 18.2 Å². The van der Waals surface area contributed by atoms with Crippen LogP contribution in [-0.4, -0.2) is 12.5 Å². The highest BCUT2D eigenvalue weighted by molar-refractivity contribution is 9.09. The van der Waals surface area contributed by atoms with Gasteiger partial charge in [0.15, 0.2) is 6.61 Å². The largest absolute Gasteiger partial charge is 0.482 e. The Labute approximate surface area is 116 Å². The number of amides is 1. The lowest BCUT2D eigenvalue weighted by atomic mass is 9.90. The van der Waals surface area contributed by atoms with Crippen LogP contribution in [0.2, 0.25) is 0 Å². The molecule has 0 radical (unpaired) electrons. The summed E-state index contributed by atoms with van der Waals surface area (Å²) in [5.41, 5.74) is 1.94. The fraction of sp³-hybridized carbons (Fsp3) is 0.500. The van der Waals surface area contributed by atoms with Gasteiger partial charge in [0.2, 0.25) is 0 Å². The molecule has 1 aliphatic rings. The Bertz CT molecular complexity index is 459. The van der Waals surface area contributed by atoms with Crippen molar-refractivity contribution in [1.82, 2.24) is 0 Å². The SMILES string of the molecule is CC(C)C(C)C(Br)c1ccc2c(c1)NC(=O)CO2. The summed E-state index contributed by atoms with van der Waals surface area (Å²) in [5, 5.41) is 2.84. The molecule has 98 valence electrons. The molecule has 1 aliphatic heterocycles. The van der Waals surface area contributed by atoms with E-state index in [1.807, 2.05) is 12.1 Å². The van der Waals surface area contributed by atoms with Crippen LogP contribution in [0.1, 0.15) is 31.2 Å². The molecule has 0 aromatic heterocycles. The molecular weight excluding hydrogens is 294 g/mol. The third-order valence-electron chi connectivity index (χ3n) is 3.47. The second-order valence-corrected chi connectivity index (χ2v) is 6.08. The van der Waals surface area contributed by atoms with Crippen molar-refractivity contribution in [3.63, 3.8) is 0 Å². The molecule has 1 heterocycles. The minimum Gasteiger partial charge on any atom is -0.482 e. The Morgan fingerprint density at radius 3 is 2.72 bits per heavy atom. The zero-order valence-electron chi connectivity index (χ0n) is 10.9. The fourth-order valence-corrected chi connectivity index (χ4v) is 2.81. The molecule has 4 heteroatoms. The first-order valence-electron chi connectivity index (χ1n) is 6.19. The topological polar surface area (TPSA) is 38.3 Å². The van der Waals surface area contributed by atoms with Gasteiger partial charge < -0.3 is 10.1 Å². The third-order valence-corrected chi connectivity index (χ3v) is 4.83. The standard InChI is InChI=1S/C14H18BrNO2/c1-8(2)9(3)14(15)10-4-5-12-11(6-10)16-13(17)7-18-12/h4-6,8-9,14H,7H2,1-3H3,(H,16,17). The number of fused-ring (bicyclic) bond motifs is 1. The van der Waals surface area contributed by atoms with Crippen molar-refractivity contribution >= 4 is 27.5 Å². The number of alkyl halides is 1. The summed E-state index contributed by atoms with van der Waals surface area (Å²) < 4.78 is 5.35. The Morgan fingerprint density at radius 1 is 1.33 bits per heavy atom. The van der Waals surface area contributed by atoms with Gasteiger partial charge in [-0.3, -0.25) is 4.79 Å². The molecule has 2 rings (SSSR count). The summed E-state index contributed by atoms with van der Waals surface area (Å²) in [6.45, 7) is 6.75. The van der Waals surface area contributed by atoms with E-state index in [9.17, 15) is 4.79 Å². The minimum atomic E-state index is -0.0947. The Balaban J connectivity index is 2.25. The Kier molecular flexibility index (Phi) is 3.95. The molecular formula is C14H18BrNO2. The molecule has 0 saturated heterocycles. The summed E-state index contributed by atoms with van der Waals surface area (Å²) >= 11 is 3.74. The van der Waals surface area contributed by atoms with E-state index in [0.717, 1.165) is 11.4 Å². The molecule has 0 bridgehead atoms. The summed E-state index contributed by atoms with van der Waals surface area (Å²) in [5.74, 6) is 1.76. The first kappa shape index (κ1) is 13.4. The van der Waals surface area contributed by atoms with Gasteiger partial charge in [-0.25, -0.2) is 0 Å². The van der Waals surface area contributed by atoms with Crippen LogP contribution in [-0.2, 0) is 4.79 Å². The van der Waals surface area contributed by atoms with Gasteiger partial charge in [-0.05, 0) is 29.5 Å². The smallest absolute Gasteiger partial charge is 0.262 e. The number of hydrogen-bond donors (Lipinski definition) is 1. The lowest BCUT2D eigenvalue weighted by Gasteiger charge is -2.24. The van der Waals surface area contributed by atoms with Gasteiger partial charge in [0, 0.05) is 4.83 Å². The highest BCUT2D eigenvalue weighted by Crippen LogP contribution is 2.38. The highest BCUT2D eigenvalue weighted by atomic mass is 79.9. The van der Waals surface area contributed by atoms with Gasteiger partial charge in [-0.1, -0.05) is 42.8 Å². The van der Waals surface area contributed by atoms with E-state index in [4.69, 9.17) is 4.74 Å². The van der Waals surface area contributed by atoms with Crippen molar-refractivity contribution in [2.24, 2.45) is 11.8 Å². The molecule has 0 spiro atoms. The van der Waals surface area contributed by atoms with Crippen molar-refractivity contribution in [2.75, 3.05) is 11.9 Å². The number of hydrogen-bond acceptors (Lipinski definition) is 2. The summed E-state index contributed by atoms with van der Waals surface area (Å²) in [6, 6.07) is 5.96. The lowest BCUT2D eigenvalue weighted by Crippen LogP contribution is -2.25. The van der Waals surface area contributed by atoms with Crippen LogP contribution >= 0.6 is 15.9 Å². The fourth-order valence-electron chi connectivity index (χ4n) is 1.91. The maximum absolute atomic E-state index is 11.3. The van der Waals surface area contributed by atoms with Crippen LogP contribution in [0, 0.1) is 11.8 Å². The molecule has 1 aromatic rings. The molecule has 2 atom stereocenters. The second kappa shape index (κ2) is 5.31.